The number of aromatic nitrogens is 2. The summed E-state index contributed by atoms with van der Waals surface area (Å²) in [7, 11) is 0. The fraction of sp³-hybridized carbons (Fsp3) is 0.286. The largest absolute Gasteiger partial charge is 0.337 e. The first-order chi connectivity index (χ1) is 10.1. The molecule has 0 amide bonds. The van der Waals surface area contributed by atoms with Crippen LogP contribution < -0.4 is 16.6 Å². The first-order valence-electron chi connectivity index (χ1n) is 6.66. The summed E-state index contributed by atoms with van der Waals surface area (Å²) < 4.78 is 14.6. The minimum Gasteiger partial charge on any atom is -0.337 e. The van der Waals surface area contributed by atoms with Crippen molar-refractivity contribution >= 4 is 33.3 Å². The van der Waals surface area contributed by atoms with E-state index < -0.39 is 0 Å². The molecule has 7 heteroatoms. The van der Waals surface area contributed by atoms with E-state index in [1.54, 1.807) is 12.1 Å². The Kier molecular flexibility index (Phi) is 3.77. The molecule has 1 aromatic heterocycles. The Labute approximate surface area is 130 Å². The molecule has 1 aliphatic rings. The highest BCUT2D eigenvalue weighted by atomic mass is 79.9. The molecule has 0 atom stereocenters. The monoisotopic (exact) mass is 351 g/mol. The fourth-order valence-corrected chi connectivity index (χ4v) is 2.50. The maximum absolute atomic E-state index is 13.9. The molecule has 4 N–H and O–H groups in total. The van der Waals surface area contributed by atoms with Gasteiger partial charge in [-0.15, -0.1) is 0 Å². The lowest BCUT2D eigenvalue weighted by Gasteiger charge is -2.14. The third kappa shape index (κ3) is 2.84. The maximum Gasteiger partial charge on any atom is 0.148 e. The number of para-hydroxylation sites is 1. The number of hydrogen-bond donors (Lipinski definition) is 3. The summed E-state index contributed by atoms with van der Waals surface area (Å²) >= 11 is 3.34. The summed E-state index contributed by atoms with van der Waals surface area (Å²) in [5.74, 6) is 7.40. The number of hydrogen-bond acceptors (Lipinski definition) is 5. The Morgan fingerprint density at radius 1 is 1.29 bits per heavy atom. The van der Waals surface area contributed by atoms with E-state index in [1.807, 2.05) is 6.92 Å². The quantitative estimate of drug-likeness (QED) is 0.579. The third-order valence-corrected chi connectivity index (χ3v) is 4.11. The number of hydrazine groups is 1. The molecule has 1 aromatic carbocycles. The summed E-state index contributed by atoms with van der Waals surface area (Å²) in [6.45, 7) is 1.84. The van der Waals surface area contributed by atoms with Crippen molar-refractivity contribution < 1.29 is 4.39 Å². The smallest absolute Gasteiger partial charge is 0.148 e. The number of nitrogens with two attached hydrogens (primary N) is 1. The Balaban J connectivity index is 2.03. The van der Waals surface area contributed by atoms with Gasteiger partial charge in [-0.2, -0.15) is 0 Å². The predicted octanol–water partition coefficient (Wildman–Crippen LogP) is 3.59. The van der Waals surface area contributed by atoms with Gasteiger partial charge < -0.3 is 10.7 Å². The fourth-order valence-electron chi connectivity index (χ4n) is 2.06. The predicted molar refractivity (Wildman–Crippen MR) is 83.9 cm³/mol. The van der Waals surface area contributed by atoms with Crippen molar-refractivity contribution in [3.05, 3.63) is 39.9 Å². The molecule has 0 saturated heterocycles. The Morgan fingerprint density at radius 2 is 2.00 bits per heavy atom. The van der Waals surface area contributed by atoms with Crippen molar-refractivity contribution in [2.24, 2.45) is 5.84 Å². The number of nitrogens with one attached hydrogen (secondary N) is 2. The van der Waals surface area contributed by atoms with Gasteiger partial charge in [0.1, 0.15) is 23.3 Å². The highest BCUT2D eigenvalue weighted by molar-refractivity contribution is 9.10. The number of halogens is 2. The van der Waals surface area contributed by atoms with Gasteiger partial charge >= 0.3 is 0 Å². The van der Waals surface area contributed by atoms with E-state index in [9.17, 15) is 4.39 Å². The minimum absolute atomic E-state index is 0.349. The molecule has 0 spiro atoms. The first-order valence-corrected chi connectivity index (χ1v) is 7.45. The summed E-state index contributed by atoms with van der Waals surface area (Å²) in [5, 5.41) is 3.04. The molecule has 3 rings (SSSR count). The van der Waals surface area contributed by atoms with Crippen molar-refractivity contribution in [2.75, 3.05) is 10.7 Å². The van der Waals surface area contributed by atoms with Crippen LogP contribution in [-0.4, -0.2) is 9.97 Å². The van der Waals surface area contributed by atoms with E-state index in [0.29, 0.717) is 27.7 Å². The number of nitrogen functional groups attached to an aromatic ring is 1. The summed E-state index contributed by atoms with van der Waals surface area (Å²) in [6, 6.07) is 4.80. The molecule has 0 radical (unpaired) electrons. The van der Waals surface area contributed by atoms with Crippen LogP contribution in [0.3, 0.4) is 0 Å². The van der Waals surface area contributed by atoms with Gasteiger partial charge in [-0.05, 0) is 47.8 Å². The minimum atomic E-state index is -0.349. The van der Waals surface area contributed by atoms with Gasteiger partial charge in [-0.25, -0.2) is 20.2 Å². The molecule has 110 valence electrons. The van der Waals surface area contributed by atoms with Crippen LogP contribution >= 0.6 is 15.9 Å². The van der Waals surface area contributed by atoms with Gasteiger partial charge in [0.2, 0.25) is 0 Å². The normalized spacial score (nSPS) is 14.1. The zero-order valence-corrected chi connectivity index (χ0v) is 13.0. The molecule has 0 unspecified atom stereocenters. The maximum atomic E-state index is 13.9. The lowest BCUT2D eigenvalue weighted by atomic mass is 10.2. The zero-order chi connectivity index (χ0) is 15.0. The van der Waals surface area contributed by atoms with Gasteiger partial charge in [0.05, 0.1) is 5.69 Å². The number of benzene rings is 1. The molecule has 21 heavy (non-hydrogen) atoms. The van der Waals surface area contributed by atoms with Crippen molar-refractivity contribution in [3.63, 3.8) is 0 Å². The topological polar surface area (TPSA) is 75.9 Å². The van der Waals surface area contributed by atoms with Crippen molar-refractivity contribution in [1.29, 1.82) is 0 Å². The van der Waals surface area contributed by atoms with Crippen LogP contribution in [0.1, 0.15) is 30.1 Å². The summed E-state index contributed by atoms with van der Waals surface area (Å²) in [5.41, 5.74) is 3.68. The molecule has 1 saturated carbocycles. The highest BCUT2D eigenvalue weighted by Crippen LogP contribution is 2.40. The van der Waals surface area contributed by atoms with Gasteiger partial charge in [-0.3, -0.25) is 0 Å². The average molecular weight is 352 g/mol. The molecule has 0 aliphatic heterocycles. The zero-order valence-electron chi connectivity index (χ0n) is 11.5. The second-order valence-electron chi connectivity index (χ2n) is 5.04. The van der Waals surface area contributed by atoms with Crippen LogP contribution in [0, 0.1) is 12.7 Å². The summed E-state index contributed by atoms with van der Waals surface area (Å²) in [4.78, 5) is 8.92. The molecule has 1 aliphatic carbocycles. The third-order valence-electron chi connectivity index (χ3n) is 3.45. The molecular weight excluding hydrogens is 337 g/mol. The number of anilines is 3. The molecule has 0 bridgehead atoms. The molecule has 5 nitrogen and oxygen atoms in total. The van der Waals surface area contributed by atoms with E-state index in [0.717, 1.165) is 24.2 Å². The van der Waals surface area contributed by atoms with Crippen LogP contribution in [0.5, 0.6) is 0 Å². The lowest BCUT2D eigenvalue weighted by molar-refractivity contribution is 0.631. The molecule has 1 heterocycles. The highest BCUT2D eigenvalue weighted by Gasteiger charge is 2.28. The van der Waals surface area contributed by atoms with E-state index >= 15 is 0 Å². The molecule has 1 fully saturated rings. The van der Waals surface area contributed by atoms with E-state index in [-0.39, 0.29) is 5.82 Å². The van der Waals surface area contributed by atoms with Crippen LogP contribution in [0.25, 0.3) is 0 Å². The Bertz CT molecular complexity index is 667. The van der Waals surface area contributed by atoms with Crippen LogP contribution in [0.4, 0.5) is 21.7 Å². The van der Waals surface area contributed by atoms with Gasteiger partial charge in [0.15, 0.2) is 0 Å². The lowest BCUT2D eigenvalue weighted by Crippen LogP contribution is -2.14. The van der Waals surface area contributed by atoms with Crippen molar-refractivity contribution in [2.45, 2.75) is 25.7 Å². The first kappa shape index (κ1) is 14.2. The van der Waals surface area contributed by atoms with Crippen molar-refractivity contribution in [1.82, 2.24) is 9.97 Å². The number of rotatable bonds is 4. The van der Waals surface area contributed by atoms with Crippen LogP contribution in [0.15, 0.2) is 22.7 Å². The molecular formula is C14H15BrFN5. The van der Waals surface area contributed by atoms with Crippen LogP contribution in [-0.2, 0) is 0 Å². The van der Waals surface area contributed by atoms with Gasteiger partial charge in [-0.1, -0.05) is 6.07 Å². The van der Waals surface area contributed by atoms with Crippen LogP contribution in [0.2, 0.25) is 0 Å². The Morgan fingerprint density at radius 3 is 2.62 bits per heavy atom. The second-order valence-corrected chi connectivity index (χ2v) is 5.90. The van der Waals surface area contributed by atoms with E-state index in [4.69, 9.17) is 5.84 Å². The molecule has 2 aromatic rings. The van der Waals surface area contributed by atoms with Crippen molar-refractivity contribution in [3.8, 4) is 0 Å². The summed E-state index contributed by atoms with van der Waals surface area (Å²) in [6.07, 6.45) is 2.16. The second kappa shape index (κ2) is 5.57. The number of nitrogens with zero attached hydrogens (tertiary/aromatic N) is 2. The Hall–Kier alpha value is -1.73. The standard InChI is InChI=1S/C14H15BrFN5/c1-7-12(18-11-9(15)3-2-4-10(11)16)19-14(8-5-6-8)20-13(7)21-17/h2-4,8H,5-6,17H2,1H3,(H2,18,19,20,21). The van der Waals surface area contributed by atoms with Gasteiger partial charge in [0, 0.05) is 16.0 Å². The average Bonchev–Trinajstić information content (AvgIpc) is 3.29. The van der Waals surface area contributed by atoms with E-state index in [2.05, 4.69) is 36.6 Å². The van der Waals surface area contributed by atoms with Gasteiger partial charge in [0.25, 0.3) is 0 Å². The SMILES string of the molecule is Cc1c(NN)nc(C2CC2)nc1Nc1c(F)cccc1Br. The van der Waals surface area contributed by atoms with E-state index in [1.165, 1.54) is 6.07 Å².